The molecule has 0 amide bonds. The minimum absolute atomic E-state index is 0.0277. The van der Waals surface area contributed by atoms with Gasteiger partial charge < -0.3 is 4.57 Å². The Morgan fingerprint density at radius 2 is 1.89 bits per heavy atom. The van der Waals surface area contributed by atoms with E-state index in [1.54, 1.807) is 28.8 Å². The largest absolute Gasteiger partial charge is 0.307 e. The molecule has 0 unspecified atom stereocenters. The molecule has 0 fully saturated rings. The average Bonchev–Trinajstić information content (AvgIpc) is 2.40. The van der Waals surface area contributed by atoms with E-state index in [2.05, 4.69) is 22.0 Å². The van der Waals surface area contributed by atoms with Gasteiger partial charge in [-0.1, -0.05) is 12.1 Å². The predicted molar refractivity (Wildman–Crippen MR) is 73.4 cm³/mol. The molecule has 90 valence electrons. The van der Waals surface area contributed by atoms with Crippen LogP contribution in [0.25, 0.3) is 0 Å². The highest BCUT2D eigenvalue weighted by Crippen LogP contribution is 2.14. The lowest BCUT2D eigenvalue weighted by Gasteiger charge is -2.11. The van der Waals surface area contributed by atoms with E-state index in [-0.39, 0.29) is 5.56 Å². The predicted octanol–water partition coefficient (Wildman–Crippen LogP) is 2.84. The maximum absolute atomic E-state index is 11.8. The molecule has 2 aromatic rings. The summed E-state index contributed by atoms with van der Waals surface area (Å²) in [6.45, 7) is 2.41. The van der Waals surface area contributed by atoms with Crippen LogP contribution in [0.2, 0.25) is 0 Å². The quantitative estimate of drug-likeness (QED) is 0.856. The van der Waals surface area contributed by atoms with Crippen LogP contribution in [0.1, 0.15) is 16.8 Å². The van der Waals surface area contributed by atoms with E-state index in [0.29, 0.717) is 12.1 Å². The summed E-state index contributed by atoms with van der Waals surface area (Å²) in [4.78, 5) is 11.8. The molecule has 0 spiro atoms. The van der Waals surface area contributed by atoms with Crippen LogP contribution in [0.3, 0.4) is 0 Å². The normalized spacial score (nSPS) is 10.1. The first kappa shape index (κ1) is 12.6. The van der Waals surface area contributed by atoms with Crippen LogP contribution in [0.4, 0.5) is 0 Å². The van der Waals surface area contributed by atoms with Crippen molar-refractivity contribution in [3.05, 3.63) is 68.0 Å². The molecule has 1 aromatic heterocycles. The molecule has 0 radical (unpaired) electrons. The Balaban J connectivity index is 2.37. The molecule has 0 bridgehead atoms. The van der Waals surface area contributed by atoms with E-state index in [1.807, 2.05) is 19.1 Å². The number of nitrogens with zero attached hydrogens (tertiary/aromatic N) is 2. The number of hydrogen-bond donors (Lipinski definition) is 0. The minimum Gasteiger partial charge on any atom is -0.307 e. The molecule has 0 aliphatic rings. The number of rotatable bonds is 2. The van der Waals surface area contributed by atoms with Crippen molar-refractivity contribution in [3.63, 3.8) is 0 Å². The third-order valence-corrected chi connectivity index (χ3v) is 3.65. The van der Waals surface area contributed by atoms with Crippen LogP contribution < -0.4 is 5.56 Å². The zero-order chi connectivity index (χ0) is 13.1. The van der Waals surface area contributed by atoms with E-state index >= 15 is 0 Å². The monoisotopic (exact) mass is 302 g/mol. The highest BCUT2D eigenvalue weighted by atomic mass is 79.9. The van der Waals surface area contributed by atoms with Crippen LogP contribution in [-0.4, -0.2) is 4.57 Å². The summed E-state index contributed by atoms with van der Waals surface area (Å²) >= 11 is 3.41. The summed E-state index contributed by atoms with van der Waals surface area (Å²) < 4.78 is 2.61. The Bertz CT molecular complexity index is 666. The summed E-state index contributed by atoms with van der Waals surface area (Å²) in [5.74, 6) is 0. The van der Waals surface area contributed by atoms with E-state index in [9.17, 15) is 4.79 Å². The molecule has 18 heavy (non-hydrogen) atoms. The summed E-state index contributed by atoms with van der Waals surface area (Å²) in [6.07, 6.45) is 0. The van der Waals surface area contributed by atoms with Gasteiger partial charge in [0.05, 0.1) is 18.2 Å². The number of benzene rings is 1. The SMILES string of the molecule is Cc1c(Br)ccc(=O)n1Cc1ccc(C#N)cc1. The highest BCUT2D eigenvalue weighted by Gasteiger charge is 2.04. The van der Waals surface area contributed by atoms with Gasteiger partial charge in [-0.15, -0.1) is 0 Å². The number of hydrogen-bond acceptors (Lipinski definition) is 2. The number of pyridine rings is 1. The summed E-state index contributed by atoms with van der Waals surface area (Å²) in [5, 5.41) is 8.73. The average molecular weight is 303 g/mol. The summed E-state index contributed by atoms with van der Waals surface area (Å²) in [7, 11) is 0. The van der Waals surface area contributed by atoms with Crippen LogP contribution >= 0.6 is 15.9 Å². The van der Waals surface area contributed by atoms with E-state index in [4.69, 9.17) is 5.26 Å². The smallest absolute Gasteiger partial charge is 0.251 e. The molecule has 0 saturated heterocycles. The maximum atomic E-state index is 11.8. The van der Waals surface area contributed by atoms with Gasteiger partial charge in [0, 0.05) is 16.2 Å². The lowest BCUT2D eigenvalue weighted by molar-refractivity contribution is 0.726. The minimum atomic E-state index is -0.0277. The van der Waals surface area contributed by atoms with Crippen molar-refractivity contribution in [1.29, 1.82) is 5.26 Å². The van der Waals surface area contributed by atoms with Gasteiger partial charge >= 0.3 is 0 Å². The molecule has 2 rings (SSSR count). The van der Waals surface area contributed by atoms with Crippen molar-refractivity contribution in [2.24, 2.45) is 0 Å². The van der Waals surface area contributed by atoms with Crippen molar-refractivity contribution >= 4 is 15.9 Å². The van der Waals surface area contributed by atoms with Crippen molar-refractivity contribution in [3.8, 4) is 6.07 Å². The molecule has 0 aliphatic heterocycles. The van der Waals surface area contributed by atoms with Gasteiger partial charge in [-0.05, 0) is 46.6 Å². The first-order valence-electron chi connectivity index (χ1n) is 5.47. The molecule has 0 atom stereocenters. The molecular weight excluding hydrogens is 292 g/mol. The van der Waals surface area contributed by atoms with Crippen molar-refractivity contribution in [1.82, 2.24) is 4.57 Å². The zero-order valence-electron chi connectivity index (χ0n) is 9.85. The van der Waals surface area contributed by atoms with E-state index in [0.717, 1.165) is 15.7 Å². The Labute approximate surface area is 113 Å². The molecule has 3 nitrogen and oxygen atoms in total. The Morgan fingerprint density at radius 3 is 2.50 bits per heavy atom. The second kappa shape index (κ2) is 5.19. The molecular formula is C14H11BrN2O. The summed E-state index contributed by atoms with van der Waals surface area (Å²) in [6, 6.07) is 12.6. The van der Waals surface area contributed by atoms with Crippen molar-refractivity contribution in [2.45, 2.75) is 13.5 Å². The van der Waals surface area contributed by atoms with Gasteiger partial charge in [0.2, 0.25) is 0 Å². The molecule has 1 heterocycles. The molecule has 0 saturated carbocycles. The van der Waals surface area contributed by atoms with Gasteiger partial charge in [-0.3, -0.25) is 4.79 Å². The number of aromatic nitrogens is 1. The highest BCUT2D eigenvalue weighted by molar-refractivity contribution is 9.10. The third-order valence-electron chi connectivity index (χ3n) is 2.81. The van der Waals surface area contributed by atoms with Crippen LogP contribution in [0.5, 0.6) is 0 Å². The zero-order valence-corrected chi connectivity index (χ0v) is 11.4. The van der Waals surface area contributed by atoms with E-state index < -0.39 is 0 Å². The van der Waals surface area contributed by atoms with Crippen LogP contribution in [-0.2, 0) is 6.54 Å². The Kier molecular flexibility index (Phi) is 3.63. The fourth-order valence-electron chi connectivity index (χ4n) is 1.71. The van der Waals surface area contributed by atoms with Crippen LogP contribution in [0.15, 0.2) is 45.7 Å². The lowest BCUT2D eigenvalue weighted by Crippen LogP contribution is -2.22. The fraction of sp³-hybridized carbons (Fsp3) is 0.143. The van der Waals surface area contributed by atoms with Gasteiger partial charge in [0.25, 0.3) is 5.56 Å². The first-order valence-corrected chi connectivity index (χ1v) is 6.26. The first-order chi connectivity index (χ1) is 8.61. The van der Waals surface area contributed by atoms with Crippen molar-refractivity contribution < 1.29 is 0 Å². The molecule has 0 N–H and O–H groups in total. The summed E-state index contributed by atoms with van der Waals surface area (Å²) in [5.41, 5.74) is 2.49. The molecule has 4 heteroatoms. The van der Waals surface area contributed by atoms with Gasteiger partial charge in [-0.25, -0.2) is 0 Å². The molecule has 1 aromatic carbocycles. The number of nitriles is 1. The Hall–Kier alpha value is -1.86. The third kappa shape index (κ3) is 2.52. The van der Waals surface area contributed by atoms with E-state index in [1.165, 1.54) is 0 Å². The molecule has 0 aliphatic carbocycles. The number of halogens is 1. The lowest BCUT2D eigenvalue weighted by atomic mass is 10.1. The van der Waals surface area contributed by atoms with Gasteiger partial charge in [-0.2, -0.15) is 5.26 Å². The fourth-order valence-corrected chi connectivity index (χ4v) is 2.06. The van der Waals surface area contributed by atoms with Crippen molar-refractivity contribution in [2.75, 3.05) is 0 Å². The topological polar surface area (TPSA) is 45.8 Å². The Morgan fingerprint density at radius 1 is 1.22 bits per heavy atom. The second-order valence-corrected chi connectivity index (χ2v) is 4.85. The van der Waals surface area contributed by atoms with Gasteiger partial charge in [0.15, 0.2) is 0 Å². The second-order valence-electron chi connectivity index (χ2n) is 4.00. The standard InChI is InChI=1S/C14H11BrN2O/c1-10-13(15)6-7-14(18)17(10)9-12-4-2-11(8-16)3-5-12/h2-7H,9H2,1H3. The van der Waals surface area contributed by atoms with Gasteiger partial charge in [0.1, 0.15) is 0 Å². The maximum Gasteiger partial charge on any atom is 0.251 e. The van der Waals surface area contributed by atoms with Crippen LogP contribution in [0, 0.1) is 18.3 Å².